The maximum atomic E-state index is 10.8. The number of aromatic nitrogens is 1. The van der Waals surface area contributed by atoms with Gasteiger partial charge >= 0.3 is 0 Å². The van der Waals surface area contributed by atoms with E-state index in [1.807, 2.05) is 6.07 Å². The summed E-state index contributed by atoms with van der Waals surface area (Å²) in [6.45, 7) is 2.07. The Labute approximate surface area is 87.9 Å². The molecule has 1 aromatic heterocycles. The number of nitrogens with one attached hydrogen (secondary N) is 1. The average molecular weight is 204 g/mol. The molecule has 3 N–H and O–H groups in total. The topological polar surface area (TPSA) is 91.8 Å². The first kappa shape index (κ1) is 11.1. The van der Waals surface area contributed by atoms with Crippen LogP contribution in [0.25, 0.3) is 0 Å². The van der Waals surface area contributed by atoms with Crippen molar-refractivity contribution in [1.29, 1.82) is 5.26 Å². The molecule has 1 rings (SSSR count). The molecule has 1 atom stereocenters. The molecule has 0 aliphatic rings. The van der Waals surface area contributed by atoms with E-state index in [-0.39, 0.29) is 0 Å². The second kappa shape index (κ2) is 5.08. The maximum absolute atomic E-state index is 10.8. The van der Waals surface area contributed by atoms with Gasteiger partial charge in [0, 0.05) is 18.3 Å². The summed E-state index contributed by atoms with van der Waals surface area (Å²) in [6, 6.07) is 5.09. The van der Waals surface area contributed by atoms with Crippen molar-refractivity contribution >= 4 is 5.91 Å². The summed E-state index contributed by atoms with van der Waals surface area (Å²) in [6.07, 6.45) is 1.56. The number of nitrogens with two attached hydrogens (primary N) is 1. The SMILES string of the molecule is CC(NCc1cccnc1C#N)C(N)=O. The number of carbonyl (C=O) groups excluding carboxylic acids is 1. The molecule has 0 aromatic carbocycles. The van der Waals surface area contributed by atoms with Crippen LogP contribution >= 0.6 is 0 Å². The molecule has 1 unspecified atom stereocenters. The van der Waals surface area contributed by atoms with Crippen LogP contribution in [0.3, 0.4) is 0 Å². The van der Waals surface area contributed by atoms with Gasteiger partial charge in [0.2, 0.25) is 5.91 Å². The van der Waals surface area contributed by atoms with Crippen LogP contribution in [0, 0.1) is 11.3 Å². The highest BCUT2D eigenvalue weighted by atomic mass is 16.1. The average Bonchev–Trinajstić information content (AvgIpc) is 2.26. The lowest BCUT2D eigenvalue weighted by molar-refractivity contribution is -0.119. The fourth-order valence-corrected chi connectivity index (χ4v) is 1.05. The van der Waals surface area contributed by atoms with Crippen molar-refractivity contribution in [3.8, 4) is 6.07 Å². The molecule has 78 valence electrons. The molecule has 0 radical (unpaired) electrons. The van der Waals surface area contributed by atoms with E-state index in [1.165, 1.54) is 0 Å². The molecule has 0 bridgehead atoms. The van der Waals surface area contributed by atoms with E-state index in [1.54, 1.807) is 25.3 Å². The first-order chi connectivity index (χ1) is 7.15. The summed E-state index contributed by atoms with van der Waals surface area (Å²) in [7, 11) is 0. The lowest BCUT2D eigenvalue weighted by atomic mass is 10.2. The number of nitriles is 1. The Morgan fingerprint density at radius 2 is 2.53 bits per heavy atom. The van der Waals surface area contributed by atoms with Gasteiger partial charge in [-0.15, -0.1) is 0 Å². The van der Waals surface area contributed by atoms with Crippen LogP contribution in [-0.4, -0.2) is 16.9 Å². The molecule has 0 fully saturated rings. The van der Waals surface area contributed by atoms with Gasteiger partial charge in [-0.1, -0.05) is 6.07 Å². The fourth-order valence-electron chi connectivity index (χ4n) is 1.05. The molecular weight excluding hydrogens is 192 g/mol. The second-order valence-corrected chi connectivity index (χ2v) is 3.13. The zero-order valence-corrected chi connectivity index (χ0v) is 8.40. The molecule has 1 aromatic rings. The highest BCUT2D eigenvalue weighted by molar-refractivity contribution is 5.79. The lowest BCUT2D eigenvalue weighted by Crippen LogP contribution is -2.38. The Morgan fingerprint density at radius 1 is 1.80 bits per heavy atom. The van der Waals surface area contributed by atoms with E-state index in [0.29, 0.717) is 12.2 Å². The molecule has 0 aliphatic carbocycles. The van der Waals surface area contributed by atoms with Gasteiger partial charge in [0.05, 0.1) is 6.04 Å². The smallest absolute Gasteiger partial charge is 0.234 e. The van der Waals surface area contributed by atoms with Crippen molar-refractivity contribution in [3.05, 3.63) is 29.6 Å². The van der Waals surface area contributed by atoms with Crippen LogP contribution in [0.4, 0.5) is 0 Å². The van der Waals surface area contributed by atoms with Crippen LogP contribution in [0.5, 0.6) is 0 Å². The van der Waals surface area contributed by atoms with Crippen molar-refractivity contribution in [3.63, 3.8) is 0 Å². The van der Waals surface area contributed by atoms with Gasteiger partial charge in [-0.05, 0) is 13.0 Å². The number of primary amides is 1. The summed E-state index contributed by atoms with van der Waals surface area (Å²) in [4.78, 5) is 14.7. The van der Waals surface area contributed by atoms with Crippen molar-refractivity contribution in [2.75, 3.05) is 0 Å². The van der Waals surface area contributed by atoms with Crippen molar-refractivity contribution in [1.82, 2.24) is 10.3 Å². The van der Waals surface area contributed by atoms with Crippen LogP contribution < -0.4 is 11.1 Å². The molecule has 0 saturated heterocycles. The summed E-state index contributed by atoms with van der Waals surface area (Å²) in [5.74, 6) is -0.419. The van der Waals surface area contributed by atoms with Crippen LogP contribution in [0.1, 0.15) is 18.2 Å². The highest BCUT2D eigenvalue weighted by Crippen LogP contribution is 2.03. The summed E-state index contributed by atoms with van der Waals surface area (Å²) < 4.78 is 0. The Kier molecular flexibility index (Phi) is 3.77. The van der Waals surface area contributed by atoms with E-state index in [2.05, 4.69) is 10.3 Å². The molecule has 1 amide bonds. The van der Waals surface area contributed by atoms with Gasteiger partial charge in [-0.3, -0.25) is 4.79 Å². The Hall–Kier alpha value is -1.93. The predicted molar refractivity (Wildman–Crippen MR) is 54.4 cm³/mol. The van der Waals surface area contributed by atoms with Crippen LogP contribution in [0.15, 0.2) is 18.3 Å². The number of hydrogen-bond acceptors (Lipinski definition) is 4. The van der Waals surface area contributed by atoms with Gasteiger partial charge < -0.3 is 11.1 Å². The fraction of sp³-hybridized carbons (Fsp3) is 0.300. The van der Waals surface area contributed by atoms with E-state index in [0.717, 1.165) is 5.56 Å². The number of rotatable bonds is 4. The van der Waals surface area contributed by atoms with Gasteiger partial charge in [0.1, 0.15) is 11.8 Å². The Bertz CT molecular complexity index is 397. The van der Waals surface area contributed by atoms with Crippen molar-refractivity contribution < 1.29 is 4.79 Å². The summed E-state index contributed by atoms with van der Waals surface area (Å²) in [5, 5.41) is 11.7. The predicted octanol–water partition coefficient (Wildman–Crippen LogP) is -0.0833. The third kappa shape index (κ3) is 3.04. The summed E-state index contributed by atoms with van der Waals surface area (Å²) in [5.41, 5.74) is 6.21. The normalized spacial score (nSPS) is 11.7. The van der Waals surface area contributed by atoms with Crippen molar-refractivity contribution in [2.24, 2.45) is 5.73 Å². The molecule has 5 nitrogen and oxygen atoms in total. The van der Waals surface area contributed by atoms with Crippen LogP contribution in [0.2, 0.25) is 0 Å². The van der Waals surface area contributed by atoms with Gasteiger partial charge in [0.25, 0.3) is 0 Å². The van der Waals surface area contributed by atoms with E-state index >= 15 is 0 Å². The zero-order chi connectivity index (χ0) is 11.3. The van der Waals surface area contributed by atoms with Gasteiger partial charge in [-0.25, -0.2) is 4.98 Å². The quantitative estimate of drug-likeness (QED) is 0.717. The molecule has 1 heterocycles. The third-order valence-electron chi connectivity index (χ3n) is 2.02. The molecule has 5 heteroatoms. The number of amides is 1. The summed E-state index contributed by atoms with van der Waals surface area (Å²) >= 11 is 0. The monoisotopic (exact) mass is 204 g/mol. The first-order valence-electron chi connectivity index (χ1n) is 4.52. The number of carbonyl (C=O) groups is 1. The molecule has 0 saturated carbocycles. The minimum Gasteiger partial charge on any atom is -0.368 e. The zero-order valence-electron chi connectivity index (χ0n) is 8.40. The third-order valence-corrected chi connectivity index (χ3v) is 2.02. The highest BCUT2D eigenvalue weighted by Gasteiger charge is 2.08. The van der Waals surface area contributed by atoms with Gasteiger partial charge in [-0.2, -0.15) is 5.26 Å². The largest absolute Gasteiger partial charge is 0.368 e. The standard InChI is InChI=1S/C10H12N4O/c1-7(10(12)15)14-6-8-3-2-4-13-9(8)5-11/h2-4,7,14H,6H2,1H3,(H2,12,15). The van der Waals surface area contributed by atoms with E-state index < -0.39 is 11.9 Å². The maximum Gasteiger partial charge on any atom is 0.234 e. The molecular formula is C10H12N4O. The van der Waals surface area contributed by atoms with Crippen molar-refractivity contribution in [2.45, 2.75) is 19.5 Å². The lowest BCUT2D eigenvalue weighted by Gasteiger charge is -2.10. The minimum absolute atomic E-state index is 0.363. The van der Waals surface area contributed by atoms with E-state index in [9.17, 15) is 4.79 Å². The van der Waals surface area contributed by atoms with Crippen LogP contribution in [-0.2, 0) is 11.3 Å². The molecule has 0 aliphatic heterocycles. The second-order valence-electron chi connectivity index (χ2n) is 3.13. The molecule has 0 spiro atoms. The Balaban J connectivity index is 2.66. The number of pyridine rings is 1. The molecule has 15 heavy (non-hydrogen) atoms. The van der Waals surface area contributed by atoms with E-state index in [4.69, 9.17) is 11.0 Å². The number of hydrogen-bond donors (Lipinski definition) is 2. The Morgan fingerprint density at radius 3 is 3.13 bits per heavy atom. The number of nitrogens with zero attached hydrogens (tertiary/aromatic N) is 2. The first-order valence-corrected chi connectivity index (χ1v) is 4.52. The van der Waals surface area contributed by atoms with Gasteiger partial charge in [0.15, 0.2) is 0 Å². The minimum atomic E-state index is -0.420.